The van der Waals surface area contributed by atoms with Crippen LogP contribution in [0.25, 0.3) is 0 Å². The molecular formula is C13H21N3O2. The monoisotopic (exact) mass is 251 g/mol. The van der Waals surface area contributed by atoms with Crippen LogP contribution < -0.4 is 0 Å². The molecule has 1 amide bonds. The van der Waals surface area contributed by atoms with Gasteiger partial charge in [0.15, 0.2) is 0 Å². The topological polar surface area (TPSA) is 56.6 Å². The van der Waals surface area contributed by atoms with Crippen LogP contribution in [0, 0.1) is 17.2 Å². The predicted molar refractivity (Wildman–Crippen MR) is 66.8 cm³/mol. The van der Waals surface area contributed by atoms with Gasteiger partial charge in [-0.15, -0.1) is 0 Å². The number of morpholine rings is 1. The van der Waals surface area contributed by atoms with Crippen molar-refractivity contribution < 1.29 is 9.53 Å². The third-order valence-corrected chi connectivity index (χ3v) is 3.86. The number of ether oxygens (including phenoxy) is 1. The molecule has 2 rings (SSSR count). The number of hydrogen-bond acceptors (Lipinski definition) is 4. The first kappa shape index (κ1) is 13.3. The minimum atomic E-state index is -0.112. The van der Waals surface area contributed by atoms with Crippen molar-refractivity contribution in [2.24, 2.45) is 5.92 Å². The van der Waals surface area contributed by atoms with Gasteiger partial charge in [-0.3, -0.25) is 9.69 Å². The Balaban J connectivity index is 1.91. The summed E-state index contributed by atoms with van der Waals surface area (Å²) in [6.07, 6.45) is 1.98. The zero-order chi connectivity index (χ0) is 13.0. The maximum absolute atomic E-state index is 12.3. The normalized spacial score (nSPS) is 27.6. The highest BCUT2D eigenvalue weighted by Gasteiger charge is 2.30. The van der Waals surface area contributed by atoms with Crippen molar-refractivity contribution in [1.82, 2.24) is 9.80 Å². The standard InChI is InChI=1S/C13H21N3O2/c1-11(13(17)15-5-7-18-8-6-15)16-4-2-3-12(9-14)10-16/h11-12H,2-8,10H2,1H3. The third-order valence-electron chi connectivity index (χ3n) is 3.86. The zero-order valence-electron chi connectivity index (χ0n) is 11.0. The molecule has 0 bridgehead atoms. The van der Waals surface area contributed by atoms with Crippen LogP contribution in [0.5, 0.6) is 0 Å². The van der Waals surface area contributed by atoms with Gasteiger partial charge in [0, 0.05) is 19.6 Å². The molecule has 0 saturated carbocycles. The Labute approximate surface area is 108 Å². The minimum Gasteiger partial charge on any atom is -0.378 e. The lowest BCUT2D eigenvalue weighted by molar-refractivity contribution is -0.141. The molecule has 2 atom stereocenters. The second-order valence-electron chi connectivity index (χ2n) is 5.08. The number of piperidine rings is 1. The fraction of sp³-hybridized carbons (Fsp3) is 0.846. The molecule has 100 valence electrons. The van der Waals surface area contributed by atoms with Crippen molar-refractivity contribution in [3.05, 3.63) is 0 Å². The Bertz CT molecular complexity index is 334. The van der Waals surface area contributed by atoms with Crippen molar-refractivity contribution in [1.29, 1.82) is 5.26 Å². The summed E-state index contributed by atoms with van der Waals surface area (Å²) >= 11 is 0. The van der Waals surface area contributed by atoms with Crippen LogP contribution in [-0.4, -0.2) is 61.1 Å². The molecule has 0 aromatic rings. The van der Waals surface area contributed by atoms with Crippen molar-refractivity contribution in [3.8, 4) is 6.07 Å². The summed E-state index contributed by atoms with van der Waals surface area (Å²) < 4.78 is 5.26. The van der Waals surface area contributed by atoms with Crippen LogP contribution >= 0.6 is 0 Å². The van der Waals surface area contributed by atoms with Gasteiger partial charge < -0.3 is 9.64 Å². The summed E-state index contributed by atoms with van der Waals surface area (Å²) in [5.74, 6) is 0.260. The maximum atomic E-state index is 12.3. The fourth-order valence-corrected chi connectivity index (χ4v) is 2.67. The first-order valence-corrected chi connectivity index (χ1v) is 6.72. The van der Waals surface area contributed by atoms with Crippen molar-refractivity contribution in [2.45, 2.75) is 25.8 Å². The number of amides is 1. The lowest BCUT2D eigenvalue weighted by atomic mass is 9.98. The van der Waals surface area contributed by atoms with Crippen molar-refractivity contribution >= 4 is 5.91 Å². The van der Waals surface area contributed by atoms with E-state index < -0.39 is 0 Å². The van der Waals surface area contributed by atoms with Gasteiger partial charge in [-0.25, -0.2) is 0 Å². The molecule has 2 saturated heterocycles. The molecule has 2 fully saturated rings. The van der Waals surface area contributed by atoms with E-state index in [-0.39, 0.29) is 17.9 Å². The van der Waals surface area contributed by atoms with Crippen LogP contribution in [0.4, 0.5) is 0 Å². The van der Waals surface area contributed by atoms with Crippen LogP contribution in [0.3, 0.4) is 0 Å². The Morgan fingerprint density at radius 2 is 2.11 bits per heavy atom. The number of likely N-dealkylation sites (tertiary alicyclic amines) is 1. The van der Waals surface area contributed by atoms with Gasteiger partial charge in [0.1, 0.15) is 0 Å². The Morgan fingerprint density at radius 3 is 2.78 bits per heavy atom. The first-order chi connectivity index (χ1) is 8.72. The fourth-order valence-electron chi connectivity index (χ4n) is 2.67. The SMILES string of the molecule is CC(C(=O)N1CCOCC1)N1CCCC(C#N)C1. The van der Waals surface area contributed by atoms with E-state index in [1.54, 1.807) is 0 Å². The molecule has 0 aromatic carbocycles. The second kappa shape index (κ2) is 6.17. The van der Waals surface area contributed by atoms with Gasteiger partial charge in [-0.05, 0) is 26.3 Å². The summed E-state index contributed by atoms with van der Waals surface area (Å²) in [5.41, 5.74) is 0. The molecule has 0 N–H and O–H groups in total. The molecule has 2 heterocycles. The quantitative estimate of drug-likeness (QED) is 0.716. The number of hydrogen-bond donors (Lipinski definition) is 0. The summed E-state index contributed by atoms with van der Waals surface area (Å²) in [6, 6.07) is 2.21. The highest BCUT2D eigenvalue weighted by molar-refractivity contribution is 5.81. The molecule has 2 aliphatic heterocycles. The van der Waals surface area contributed by atoms with Gasteiger partial charge in [-0.2, -0.15) is 5.26 Å². The molecule has 0 aromatic heterocycles. The van der Waals surface area contributed by atoms with Gasteiger partial charge in [0.25, 0.3) is 0 Å². The summed E-state index contributed by atoms with van der Waals surface area (Å²) in [7, 11) is 0. The highest BCUT2D eigenvalue weighted by Crippen LogP contribution is 2.18. The van der Waals surface area contributed by atoms with Gasteiger partial charge in [0.05, 0.1) is 31.2 Å². The molecule has 5 heteroatoms. The van der Waals surface area contributed by atoms with Gasteiger partial charge in [0.2, 0.25) is 5.91 Å². The van der Waals surface area contributed by atoms with E-state index in [9.17, 15) is 4.79 Å². The largest absolute Gasteiger partial charge is 0.378 e. The Kier molecular flexibility index (Phi) is 4.56. The first-order valence-electron chi connectivity index (χ1n) is 6.72. The highest BCUT2D eigenvalue weighted by atomic mass is 16.5. The smallest absolute Gasteiger partial charge is 0.239 e. The number of rotatable bonds is 2. The molecular weight excluding hydrogens is 230 g/mol. The number of nitriles is 1. The number of carbonyl (C=O) groups is 1. The molecule has 2 unspecified atom stereocenters. The lowest BCUT2D eigenvalue weighted by Crippen LogP contribution is -2.52. The summed E-state index contributed by atoms with van der Waals surface area (Å²) in [6.45, 7) is 6.27. The molecule has 2 aliphatic rings. The zero-order valence-corrected chi connectivity index (χ0v) is 11.0. The van der Waals surface area contributed by atoms with Crippen molar-refractivity contribution in [3.63, 3.8) is 0 Å². The summed E-state index contributed by atoms with van der Waals surface area (Å²) in [4.78, 5) is 16.4. The van der Waals surface area contributed by atoms with E-state index in [0.29, 0.717) is 26.3 Å². The van der Waals surface area contributed by atoms with Crippen LogP contribution in [0.15, 0.2) is 0 Å². The van der Waals surface area contributed by atoms with Gasteiger partial charge >= 0.3 is 0 Å². The minimum absolute atomic E-state index is 0.0821. The number of nitrogens with zero attached hydrogens (tertiary/aromatic N) is 3. The van der Waals surface area contributed by atoms with E-state index in [4.69, 9.17) is 10.00 Å². The number of carbonyl (C=O) groups excluding carboxylic acids is 1. The van der Waals surface area contributed by atoms with E-state index >= 15 is 0 Å². The van der Waals surface area contributed by atoms with Crippen LogP contribution in [-0.2, 0) is 9.53 Å². The lowest BCUT2D eigenvalue weighted by Gasteiger charge is -2.37. The maximum Gasteiger partial charge on any atom is 0.239 e. The molecule has 5 nitrogen and oxygen atoms in total. The molecule has 0 spiro atoms. The van der Waals surface area contributed by atoms with E-state index in [1.165, 1.54) is 0 Å². The Morgan fingerprint density at radius 1 is 1.39 bits per heavy atom. The second-order valence-corrected chi connectivity index (χ2v) is 5.08. The molecule has 18 heavy (non-hydrogen) atoms. The predicted octanol–water partition coefficient (Wildman–Crippen LogP) is 0.469. The molecule has 0 radical (unpaired) electrons. The van der Waals surface area contributed by atoms with Gasteiger partial charge in [-0.1, -0.05) is 0 Å². The van der Waals surface area contributed by atoms with Crippen LogP contribution in [0.1, 0.15) is 19.8 Å². The van der Waals surface area contributed by atoms with E-state index in [2.05, 4.69) is 11.0 Å². The average molecular weight is 251 g/mol. The van der Waals surface area contributed by atoms with Crippen LogP contribution in [0.2, 0.25) is 0 Å². The van der Waals surface area contributed by atoms with E-state index in [1.807, 2.05) is 11.8 Å². The third kappa shape index (κ3) is 3.01. The Hall–Kier alpha value is -1.12. The van der Waals surface area contributed by atoms with E-state index in [0.717, 1.165) is 25.9 Å². The molecule has 0 aliphatic carbocycles. The van der Waals surface area contributed by atoms with Crippen molar-refractivity contribution in [2.75, 3.05) is 39.4 Å². The average Bonchev–Trinajstić information content (AvgIpc) is 2.46. The summed E-state index contributed by atoms with van der Waals surface area (Å²) in [5, 5.41) is 8.99.